The Hall–Kier alpha value is 0.496. The fourth-order valence-corrected chi connectivity index (χ4v) is 0.263. The third-order valence-corrected chi connectivity index (χ3v) is 0.689. The van der Waals surface area contributed by atoms with Crippen LogP contribution in [0.15, 0.2) is 0 Å². The predicted molar refractivity (Wildman–Crippen MR) is 28.6 cm³/mol. The van der Waals surface area contributed by atoms with Crippen LogP contribution in [-0.4, -0.2) is 18.0 Å². The van der Waals surface area contributed by atoms with Crippen molar-refractivity contribution in [2.45, 2.75) is 12.5 Å². The van der Waals surface area contributed by atoms with Crippen molar-refractivity contribution >= 4 is 11.9 Å². The Morgan fingerprint density at radius 2 is 1.73 bits per heavy atom. The summed E-state index contributed by atoms with van der Waals surface area (Å²) < 4.78 is 0. The van der Waals surface area contributed by atoms with Crippen LogP contribution >= 0.6 is 0 Å². The van der Waals surface area contributed by atoms with Crippen molar-refractivity contribution in [3.8, 4) is 0 Å². The Bertz CT molecular complexity index is 140. The molecular formula is C4H9KN2O4. The second-order valence-corrected chi connectivity index (χ2v) is 1.50. The molecular weight excluding hydrogens is 179 g/mol. The molecule has 0 amide bonds. The number of hydrogen-bond acceptors (Lipinski definition) is 5. The molecule has 0 spiro atoms. The van der Waals surface area contributed by atoms with Crippen LogP contribution < -0.4 is 73.5 Å². The second-order valence-electron chi connectivity index (χ2n) is 1.50. The molecule has 0 aliphatic carbocycles. The molecule has 7 heteroatoms. The number of carboxylic acids is 2. The van der Waals surface area contributed by atoms with Gasteiger partial charge in [-0.2, -0.15) is 0 Å². The molecule has 0 aliphatic heterocycles. The molecule has 0 fully saturated rings. The summed E-state index contributed by atoms with van der Waals surface area (Å²) in [5.74, 6) is -3.08. The van der Waals surface area contributed by atoms with Crippen molar-refractivity contribution < 1.29 is 71.2 Å². The van der Waals surface area contributed by atoms with Crippen molar-refractivity contribution in [3.05, 3.63) is 0 Å². The molecule has 0 bridgehead atoms. The standard InChI is InChI=1S/C4H7NO4.K.H3N/c5-2(4(8)9)1-3(6)7;;/h2H,1,5H2,(H,6,7)(H,8,9);;1H3/q;+1;/p-1/t2-;;/m0../s1. The fraction of sp³-hybridized carbons (Fsp3) is 0.500. The van der Waals surface area contributed by atoms with Crippen molar-refractivity contribution in [1.82, 2.24) is 6.15 Å². The zero-order chi connectivity index (χ0) is 7.44. The third kappa shape index (κ3) is 10.5. The summed E-state index contributed by atoms with van der Waals surface area (Å²) in [4.78, 5) is 19.3. The molecule has 0 unspecified atom stereocenters. The molecule has 0 aromatic heterocycles. The third-order valence-electron chi connectivity index (χ3n) is 0.689. The first-order chi connectivity index (χ1) is 4.04. The average Bonchev–Trinajstić information content (AvgIpc) is 1.63. The summed E-state index contributed by atoms with van der Waals surface area (Å²) in [7, 11) is 0. The first-order valence-corrected chi connectivity index (χ1v) is 2.20. The van der Waals surface area contributed by atoms with Gasteiger partial charge in [0, 0.05) is 18.4 Å². The van der Waals surface area contributed by atoms with E-state index in [1.807, 2.05) is 0 Å². The number of rotatable bonds is 3. The topological polar surface area (TPSA) is 143 Å². The number of carbonyl (C=O) groups is 2. The van der Waals surface area contributed by atoms with E-state index in [-0.39, 0.29) is 57.5 Å². The van der Waals surface area contributed by atoms with E-state index in [1.54, 1.807) is 0 Å². The van der Waals surface area contributed by atoms with Crippen LogP contribution in [0.2, 0.25) is 0 Å². The molecule has 60 valence electrons. The Morgan fingerprint density at radius 3 is 1.82 bits per heavy atom. The van der Waals surface area contributed by atoms with Gasteiger partial charge in [-0.1, -0.05) is 0 Å². The average molecular weight is 188 g/mol. The normalized spacial score (nSPS) is 10.3. The molecule has 0 saturated heterocycles. The maximum absolute atomic E-state index is 9.71. The Morgan fingerprint density at radius 1 is 1.36 bits per heavy atom. The van der Waals surface area contributed by atoms with Crippen LogP contribution in [-0.2, 0) is 9.59 Å². The van der Waals surface area contributed by atoms with Crippen molar-refractivity contribution in [1.29, 1.82) is 0 Å². The smallest absolute Gasteiger partial charge is 0.550 e. The Balaban J connectivity index is -0.000000320. The number of aliphatic carboxylic acids is 2. The van der Waals surface area contributed by atoms with Gasteiger partial charge in [-0.05, 0) is 0 Å². The van der Waals surface area contributed by atoms with Crippen molar-refractivity contribution in [2.75, 3.05) is 0 Å². The van der Waals surface area contributed by atoms with Crippen LogP contribution in [0.4, 0.5) is 0 Å². The fourth-order valence-electron chi connectivity index (χ4n) is 0.263. The van der Waals surface area contributed by atoms with Gasteiger partial charge in [-0.25, -0.2) is 0 Å². The molecule has 6 nitrogen and oxygen atoms in total. The molecule has 0 heterocycles. The van der Waals surface area contributed by atoms with Crippen molar-refractivity contribution in [2.24, 2.45) is 5.73 Å². The van der Waals surface area contributed by atoms with E-state index in [9.17, 15) is 19.8 Å². The zero-order valence-electron chi connectivity index (χ0n) is 6.49. The molecule has 0 aromatic carbocycles. The molecule has 0 aromatic rings. The zero-order valence-corrected chi connectivity index (χ0v) is 9.62. The van der Waals surface area contributed by atoms with E-state index in [4.69, 9.17) is 5.73 Å². The van der Waals surface area contributed by atoms with E-state index >= 15 is 0 Å². The molecule has 1 atom stereocenters. The summed E-state index contributed by atoms with van der Waals surface area (Å²) in [5.41, 5.74) is 4.73. The molecule has 11 heavy (non-hydrogen) atoms. The molecule has 0 rings (SSSR count). The van der Waals surface area contributed by atoms with Gasteiger partial charge in [0.25, 0.3) is 0 Å². The van der Waals surface area contributed by atoms with Gasteiger partial charge in [0.2, 0.25) is 0 Å². The minimum Gasteiger partial charge on any atom is -0.550 e. The monoisotopic (exact) mass is 188 g/mol. The van der Waals surface area contributed by atoms with Gasteiger partial charge in [0.05, 0.1) is 5.97 Å². The van der Waals surface area contributed by atoms with E-state index in [1.165, 1.54) is 0 Å². The summed E-state index contributed by atoms with van der Waals surface area (Å²) in [6.07, 6.45) is -0.706. The SMILES string of the molecule is N[C@@H](CC(=O)[O-])C(=O)[O-].[K+].[NH4+]. The van der Waals surface area contributed by atoms with E-state index < -0.39 is 24.4 Å². The second kappa shape index (κ2) is 8.59. The van der Waals surface area contributed by atoms with Crippen LogP contribution in [0, 0.1) is 0 Å². The summed E-state index contributed by atoms with van der Waals surface area (Å²) in [6, 6.07) is -1.46. The van der Waals surface area contributed by atoms with Gasteiger partial charge in [0.15, 0.2) is 0 Å². The van der Waals surface area contributed by atoms with E-state index in [0.717, 1.165) is 0 Å². The van der Waals surface area contributed by atoms with Gasteiger partial charge in [0.1, 0.15) is 0 Å². The summed E-state index contributed by atoms with van der Waals surface area (Å²) >= 11 is 0. The maximum atomic E-state index is 9.71. The predicted octanol–water partition coefficient (Wildman–Crippen LogP) is -6.42. The first-order valence-electron chi connectivity index (χ1n) is 2.20. The van der Waals surface area contributed by atoms with Crippen LogP contribution in [0.3, 0.4) is 0 Å². The number of hydrogen-bond donors (Lipinski definition) is 2. The summed E-state index contributed by atoms with van der Waals surface area (Å²) in [5, 5.41) is 19.3. The number of nitrogens with two attached hydrogens (primary N) is 1. The van der Waals surface area contributed by atoms with Crippen LogP contribution in [0.1, 0.15) is 6.42 Å². The molecule has 0 aliphatic rings. The number of quaternary nitrogens is 1. The first kappa shape index (κ1) is 17.5. The van der Waals surface area contributed by atoms with E-state index in [0.29, 0.717) is 0 Å². The minimum atomic E-state index is -1.58. The Labute approximate surface area is 106 Å². The van der Waals surface area contributed by atoms with E-state index in [2.05, 4.69) is 0 Å². The van der Waals surface area contributed by atoms with Gasteiger partial charge >= 0.3 is 51.4 Å². The van der Waals surface area contributed by atoms with Gasteiger partial charge in [-0.15, -0.1) is 0 Å². The number of carbonyl (C=O) groups excluding carboxylic acids is 2. The maximum Gasteiger partial charge on any atom is 1.00 e. The van der Waals surface area contributed by atoms with Crippen LogP contribution in [0.5, 0.6) is 0 Å². The van der Waals surface area contributed by atoms with Gasteiger partial charge < -0.3 is 31.7 Å². The minimum absolute atomic E-state index is 0. The molecule has 0 radical (unpaired) electrons. The van der Waals surface area contributed by atoms with Crippen LogP contribution in [0.25, 0.3) is 0 Å². The summed E-state index contributed by atoms with van der Waals surface area (Å²) in [6.45, 7) is 0. The molecule has 0 saturated carbocycles. The van der Waals surface area contributed by atoms with Crippen molar-refractivity contribution in [3.63, 3.8) is 0 Å². The van der Waals surface area contributed by atoms with Gasteiger partial charge in [-0.3, -0.25) is 0 Å². The molecule has 6 N–H and O–H groups in total. The quantitative estimate of drug-likeness (QED) is 0.423. The largest absolute Gasteiger partial charge is 1.00 e. The Kier molecular flexibility index (Phi) is 13.7. The number of carboxylic acid groups (broad SMARTS) is 2.